The summed E-state index contributed by atoms with van der Waals surface area (Å²) < 4.78 is 22.2. The lowest BCUT2D eigenvalue weighted by Gasteiger charge is -2.32. The summed E-state index contributed by atoms with van der Waals surface area (Å²) in [5.74, 6) is 1.84. The van der Waals surface area contributed by atoms with Crippen LogP contribution in [0.25, 0.3) is 6.08 Å². The number of halogens is 1. The van der Waals surface area contributed by atoms with Crippen LogP contribution in [-0.2, 0) is 4.79 Å². The first-order valence-electron chi connectivity index (χ1n) is 10.4. The van der Waals surface area contributed by atoms with Gasteiger partial charge in [-0.3, -0.25) is 9.59 Å². The van der Waals surface area contributed by atoms with E-state index in [2.05, 4.69) is 4.90 Å². The fraction of sp³-hybridized carbons (Fsp3) is 0.333. The van der Waals surface area contributed by atoms with E-state index in [4.69, 9.17) is 18.9 Å². The molecule has 0 unspecified atom stereocenters. The van der Waals surface area contributed by atoms with Crippen LogP contribution in [0.15, 0.2) is 42.2 Å². The zero-order chi connectivity index (χ0) is 22.7. The Labute approximate surface area is 199 Å². The number of carbonyl (C=O) groups excluding carboxylic acids is 2. The molecule has 2 heterocycles. The summed E-state index contributed by atoms with van der Waals surface area (Å²) >= 11 is 0. The largest absolute Gasteiger partial charge is 0.493 e. The van der Waals surface area contributed by atoms with Gasteiger partial charge in [0.15, 0.2) is 23.9 Å². The number of fused-ring (bicyclic) bond motifs is 1. The first-order valence-corrected chi connectivity index (χ1v) is 10.4. The molecule has 1 amide bonds. The summed E-state index contributed by atoms with van der Waals surface area (Å²) in [6, 6.07) is 10.4. The van der Waals surface area contributed by atoms with Crippen molar-refractivity contribution in [3.63, 3.8) is 0 Å². The van der Waals surface area contributed by atoms with Crippen LogP contribution in [0.5, 0.6) is 23.0 Å². The molecule has 2 aromatic rings. The minimum Gasteiger partial charge on any atom is -0.493 e. The maximum atomic E-state index is 12.8. The summed E-state index contributed by atoms with van der Waals surface area (Å²) in [5.41, 5.74) is 1.10. The maximum absolute atomic E-state index is 12.8. The molecular weight excluding hydrogens is 448 g/mol. The molecule has 0 saturated carbocycles. The molecule has 2 aromatic carbocycles. The number of allylic oxidation sites excluding steroid dienone is 1. The van der Waals surface area contributed by atoms with Gasteiger partial charge in [0.25, 0.3) is 5.91 Å². The molecule has 0 aromatic heterocycles. The van der Waals surface area contributed by atoms with Crippen LogP contribution < -0.4 is 18.9 Å². The van der Waals surface area contributed by atoms with Gasteiger partial charge in [-0.15, -0.1) is 12.4 Å². The number of hydrogen-bond acceptors (Lipinski definition) is 7. The number of rotatable bonds is 6. The van der Waals surface area contributed by atoms with Gasteiger partial charge < -0.3 is 28.7 Å². The van der Waals surface area contributed by atoms with Crippen molar-refractivity contribution in [2.24, 2.45) is 0 Å². The first kappa shape index (κ1) is 24.4. The van der Waals surface area contributed by atoms with E-state index in [-0.39, 0.29) is 36.5 Å². The predicted octanol–water partition coefficient (Wildman–Crippen LogP) is 2.89. The van der Waals surface area contributed by atoms with Crippen molar-refractivity contribution in [2.75, 3.05) is 54.1 Å². The maximum Gasteiger partial charge on any atom is 0.260 e. The highest BCUT2D eigenvalue weighted by atomic mass is 35.5. The summed E-state index contributed by atoms with van der Waals surface area (Å²) in [5, 5.41) is 0. The van der Waals surface area contributed by atoms with Crippen LogP contribution in [0.4, 0.5) is 0 Å². The number of carbonyl (C=O) groups is 2. The zero-order valence-electron chi connectivity index (χ0n) is 18.8. The Hall–Kier alpha value is -3.23. The highest BCUT2D eigenvalue weighted by Crippen LogP contribution is 2.37. The van der Waals surface area contributed by atoms with E-state index in [9.17, 15) is 9.59 Å². The second-order valence-electron chi connectivity index (χ2n) is 7.65. The number of hydrogen-bond donors (Lipinski definition) is 0. The predicted molar refractivity (Wildman–Crippen MR) is 126 cm³/mol. The van der Waals surface area contributed by atoms with Gasteiger partial charge in [-0.25, -0.2) is 0 Å². The van der Waals surface area contributed by atoms with E-state index in [1.165, 1.54) is 0 Å². The average molecular weight is 475 g/mol. The third kappa shape index (κ3) is 5.23. The molecule has 0 bridgehead atoms. The molecule has 33 heavy (non-hydrogen) atoms. The van der Waals surface area contributed by atoms with E-state index in [0.717, 1.165) is 13.1 Å². The van der Waals surface area contributed by atoms with Crippen molar-refractivity contribution in [3.8, 4) is 23.0 Å². The van der Waals surface area contributed by atoms with E-state index < -0.39 is 0 Å². The van der Waals surface area contributed by atoms with E-state index in [1.807, 2.05) is 19.2 Å². The molecule has 1 fully saturated rings. The van der Waals surface area contributed by atoms with Gasteiger partial charge in [0.05, 0.1) is 19.8 Å². The number of ether oxygens (including phenoxy) is 4. The minimum atomic E-state index is -0.232. The van der Waals surface area contributed by atoms with Gasteiger partial charge >= 0.3 is 0 Å². The number of methoxy groups -OCH3 is 2. The number of Topliss-reactive ketones (excluding diaryl/α,β-unsaturated/α-hetero) is 1. The highest BCUT2D eigenvalue weighted by Gasteiger charge is 2.28. The van der Waals surface area contributed by atoms with Crippen LogP contribution in [-0.4, -0.2) is 75.5 Å². The third-order valence-corrected chi connectivity index (χ3v) is 5.58. The summed E-state index contributed by atoms with van der Waals surface area (Å²) in [6.07, 6.45) is 1.63. The molecule has 2 aliphatic rings. The lowest BCUT2D eigenvalue weighted by Crippen LogP contribution is -2.48. The lowest BCUT2D eigenvalue weighted by atomic mass is 10.1. The smallest absolute Gasteiger partial charge is 0.260 e. The van der Waals surface area contributed by atoms with Crippen molar-refractivity contribution in [1.82, 2.24) is 9.80 Å². The standard InChI is InChI=1S/C24H26N2O6.ClH/c1-25-9-11-26(12-10-25)22(27)15-31-17-7-8-18-20(14-17)32-21(23(18)28)13-16-5-4-6-19(29-2)24(16)30-3;/h4-8,13-14H,9-12,15H2,1-3H3;1H/b21-13-;. The van der Waals surface area contributed by atoms with E-state index in [0.29, 0.717) is 47.2 Å². The van der Waals surface area contributed by atoms with Crippen molar-refractivity contribution >= 4 is 30.2 Å². The fourth-order valence-corrected chi connectivity index (χ4v) is 3.72. The number of nitrogens with zero attached hydrogens (tertiary/aromatic N) is 2. The average Bonchev–Trinajstić information content (AvgIpc) is 3.12. The summed E-state index contributed by atoms with van der Waals surface area (Å²) in [6.45, 7) is 3.05. The number of likely N-dealkylation sites (N-methyl/N-ethyl adjacent to an activating group) is 1. The Morgan fingerprint density at radius 1 is 1.09 bits per heavy atom. The molecule has 4 rings (SSSR count). The Bertz CT molecular complexity index is 1060. The molecule has 2 aliphatic heterocycles. The molecular formula is C24H27ClN2O6. The molecule has 0 atom stereocenters. The topological polar surface area (TPSA) is 77.5 Å². The van der Waals surface area contributed by atoms with Crippen molar-refractivity contribution in [2.45, 2.75) is 0 Å². The normalized spacial score (nSPS) is 16.6. The van der Waals surface area contributed by atoms with E-state index >= 15 is 0 Å². The van der Waals surface area contributed by atoms with Crippen LogP contribution >= 0.6 is 12.4 Å². The number of ketones is 1. The van der Waals surface area contributed by atoms with E-state index in [1.54, 1.807) is 49.5 Å². The van der Waals surface area contributed by atoms with Gasteiger partial charge in [0, 0.05) is 37.8 Å². The van der Waals surface area contributed by atoms with Gasteiger partial charge in [-0.2, -0.15) is 0 Å². The molecule has 8 nitrogen and oxygen atoms in total. The summed E-state index contributed by atoms with van der Waals surface area (Å²) in [7, 11) is 5.13. The molecule has 0 spiro atoms. The Kier molecular flexibility index (Phi) is 7.84. The lowest BCUT2D eigenvalue weighted by molar-refractivity contribution is -0.134. The van der Waals surface area contributed by atoms with Crippen molar-refractivity contribution in [1.29, 1.82) is 0 Å². The van der Waals surface area contributed by atoms with Crippen molar-refractivity contribution < 1.29 is 28.5 Å². The second-order valence-corrected chi connectivity index (χ2v) is 7.65. The minimum absolute atomic E-state index is 0. The Balaban J connectivity index is 0.00000306. The van der Waals surface area contributed by atoms with Crippen molar-refractivity contribution in [3.05, 3.63) is 53.3 Å². The molecule has 1 saturated heterocycles. The monoisotopic (exact) mass is 474 g/mol. The third-order valence-electron chi connectivity index (χ3n) is 5.58. The van der Waals surface area contributed by atoms with Crippen LogP contribution in [0.1, 0.15) is 15.9 Å². The second kappa shape index (κ2) is 10.6. The Morgan fingerprint density at radius 2 is 1.85 bits per heavy atom. The SMILES string of the molecule is COc1cccc(/C=C2\Oc3cc(OCC(=O)N4CCN(C)CC4)ccc3C2=O)c1OC.Cl. The molecule has 176 valence electrons. The quantitative estimate of drug-likeness (QED) is 0.596. The van der Waals surface area contributed by atoms with Crippen LogP contribution in [0, 0.1) is 0 Å². The van der Waals surface area contributed by atoms with Gasteiger partial charge in [0.1, 0.15) is 11.5 Å². The fourth-order valence-electron chi connectivity index (χ4n) is 3.72. The number of amides is 1. The van der Waals surface area contributed by atoms with Gasteiger partial charge in [0.2, 0.25) is 5.78 Å². The van der Waals surface area contributed by atoms with Gasteiger partial charge in [-0.1, -0.05) is 12.1 Å². The molecule has 0 aliphatic carbocycles. The number of benzene rings is 2. The van der Waals surface area contributed by atoms with Crippen LogP contribution in [0.3, 0.4) is 0 Å². The van der Waals surface area contributed by atoms with Crippen LogP contribution in [0.2, 0.25) is 0 Å². The molecule has 0 radical (unpaired) electrons. The highest BCUT2D eigenvalue weighted by molar-refractivity contribution is 6.14. The zero-order valence-corrected chi connectivity index (χ0v) is 19.6. The van der Waals surface area contributed by atoms with Gasteiger partial charge in [-0.05, 0) is 31.3 Å². The first-order chi connectivity index (χ1) is 15.5. The molecule has 0 N–H and O–H groups in total. The number of piperazine rings is 1. The Morgan fingerprint density at radius 3 is 2.55 bits per heavy atom. The summed E-state index contributed by atoms with van der Waals surface area (Å²) in [4.78, 5) is 29.2. The molecule has 9 heteroatoms. The number of para-hydroxylation sites is 1.